The number of halogens is 8. The van der Waals surface area contributed by atoms with Gasteiger partial charge in [-0.1, -0.05) is 117 Å². The van der Waals surface area contributed by atoms with Crippen LogP contribution in [-0.4, -0.2) is 161 Å². The number of nitrogens with two attached hydrogens (primary N) is 1. The number of hydrogen-bond donors (Lipinski definition) is 4. The van der Waals surface area contributed by atoms with Gasteiger partial charge >= 0.3 is 11.9 Å². The molecule has 0 aliphatic heterocycles. The van der Waals surface area contributed by atoms with Crippen molar-refractivity contribution < 1.29 is 48.6 Å². The van der Waals surface area contributed by atoms with Crippen LogP contribution in [0.15, 0.2) is 72.8 Å². The minimum Gasteiger partial charge on any atom is -0.481 e. The molecule has 0 aromatic heterocycles. The summed E-state index contributed by atoms with van der Waals surface area (Å²) in [6.45, 7) is -4.64. The number of carbonyl (C=O) groups is 8. The Hall–Kier alpha value is -5.08. The summed E-state index contributed by atoms with van der Waals surface area (Å²) in [4.78, 5) is 112. The summed E-state index contributed by atoms with van der Waals surface area (Å²) >= 11 is 50.5. The van der Waals surface area contributed by atoms with E-state index in [1.807, 2.05) is 0 Å². The third-order valence-corrected chi connectivity index (χ3v) is 13.8. The first kappa shape index (κ1) is 62.5. The van der Waals surface area contributed by atoms with E-state index in [2.05, 4.69) is 5.32 Å². The molecule has 0 spiro atoms. The maximum Gasteiger partial charge on any atom is 0.305 e. The molecular weight excluding hydrogens is 1140 g/mol. The highest BCUT2D eigenvalue weighted by molar-refractivity contribution is 6.36. The largest absolute Gasteiger partial charge is 0.481 e. The molecule has 4 rings (SSSR count). The van der Waals surface area contributed by atoms with E-state index in [0.29, 0.717) is 59.8 Å². The molecule has 17 nitrogen and oxygen atoms in total. The van der Waals surface area contributed by atoms with Crippen molar-refractivity contribution in [2.24, 2.45) is 5.73 Å². The van der Waals surface area contributed by atoms with Crippen LogP contribution in [0.1, 0.15) is 35.1 Å². The van der Waals surface area contributed by atoms with Gasteiger partial charge in [-0.3, -0.25) is 38.4 Å². The van der Waals surface area contributed by atoms with Crippen LogP contribution in [0.2, 0.25) is 40.2 Å². The zero-order valence-electron chi connectivity index (χ0n) is 40.2. The monoisotopic (exact) mass is 1190 g/mol. The summed E-state index contributed by atoms with van der Waals surface area (Å²) in [6.07, 6.45) is -0.406. The molecule has 4 aromatic carbocycles. The second-order valence-electron chi connectivity index (χ2n) is 16.9. The standard InChI is InChI=1S/C50H53Cl8N7O10/c51-35-5-1-31(39(55)21-35)9-15-60-25-44(67)62(16-10-32-2-6-36(52)22-40(32)56)27-46(69)63(17-11-33-3-7-37(53)23-41(33)57)29-47(70)64(18-12-34-4-8-38(54)24-42(34)58)30-48(71)65(20-14-50(74)75)28-45(68)61(26-43(59)66)19-13-49(72)73/h1-8,21-24,60H,9-20,25-30H2,(H2,59,66)(H,72,73)(H,74,75). The number of carboxylic acids is 2. The van der Waals surface area contributed by atoms with Gasteiger partial charge in [-0.05, 0) is 103 Å². The summed E-state index contributed by atoms with van der Waals surface area (Å²) in [7, 11) is 0. The van der Waals surface area contributed by atoms with Gasteiger partial charge < -0.3 is 45.8 Å². The van der Waals surface area contributed by atoms with Crippen LogP contribution >= 0.6 is 92.8 Å². The summed E-state index contributed by atoms with van der Waals surface area (Å²) in [6, 6.07) is 19.4. The fourth-order valence-electron chi connectivity index (χ4n) is 7.36. The highest BCUT2D eigenvalue weighted by atomic mass is 35.5. The number of hydrogen-bond acceptors (Lipinski definition) is 9. The topological polar surface area (TPSA) is 231 Å². The van der Waals surface area contributed by atoms with Crippen molar-refractivity contribution in [3.05, 3.63) is 135 Å². The van der Waals surface area contributed by atoms with Crippen molar-refractivity contribution >= 4 is 140 Å². The Labute approximate surface area is 473 Å². The van der Waals surface area contributed by atoms with Crippen molar-refractivity contribution in [2.45, 2.75) is 38.5 Å². The molecule has 4 aromatic rings. The Morgan fingerprint density at radius 1 is 0.400 bits per heavy atom. The van der Waals surface area contributed by atoms with Crippen LogP contribution in [-0.2, 0) is 64.0 Å². The number of amides is 6. The maximum absolute atomic E-state index is 14.8. The number of benzene rings is 4. The van der Waals surface area contributed by atoms with Gasteiger partial charge in [0, 0.05) is 72.9 Å². The summed E-state index contributed by atoms with van der Waals surface area (Å²) in [5, 5.41) is 24.8. The molecule has 0 atom stereocenters. The van der Waals surface area contributed by atoms with Gasteiger partial charge in [-0.15, -0.1) is 0 Å². The molecule has 0 fully saturated rings. The first-order valence-electron chi connectivity index (χ1n) is 23.1. The van der Waals surface area contributed by atoms with E-state index in [-0.39, 0.29) is 55.5 Å². The van der Waals surface area contributed by atoms with E-state index in [9.17, 15) is 48.6 Å². The Morgan fingerprint density at radius 3 is 0.973 bits per heavy atom. The molecule has 0 bridgehead atoms. The van der Waals surface area contributed by atoms with Crippen LogP contribution in [0.4, 0.5) is 0 Å². The average Bonchev–Trinajstić information content (AvgIpc) is 3.33. The van der Waals surface area contributed by atoms with Crippen LogP contribution in [0.3, 0.4) is 0 Å². The Bertz CT molecular complexity index is 2720. The number of primary amides is 1. The number of carbonyl (C=O) groups excluding carboxylic acids is 6. The van der Waals surface area contributed by atoms with E-state index in [1.165, 1.54) is 21.9 Å². The number of carboxylic acid groups (broad SMARTS) is 2. The molecular formula is C50H53Cl8N7O10. The van der Waals surface area contributed by atoms with E-state index in [4.69, 9.17) is 98.5 Å². The zero-order chi connectivity index (χ0) is 55.4. The predicted molar refractivity (Wildman–Crippen MR) is 290 cm³/mol. The summed E-state index contributed by atoms with van der Waals surface area (Å²) in [5.74, 6) is -7.35. The van der Waals surface area contributed by atoms with Crippen LogP contribution in [0, 0.1) is 0 Å². The highest BCUT2D eigenvalue weighted by Gasteiger charge is 2.30. The van der Waals surface area contributed by atoms with Crippen LogP contribution in [0.5, 0.6) is 0 Å². The predicted octanol–water partition coefficient (Wildman–Crippen LogP) is 7.35. The van der Waals surface area contributed by atoms with Gasteiger partial charge in [-0.25, -0.2) is 0 Å². The van der Waals surface area contributed by atoms with Crippen LogP contribution in [0.25, 0.3) is 0 Å². The van der Waals surface area contributed by atoms with Crippen molar-refractivity contribution in [1.29, 1.82) is 0 Å². The zero-order valence-corrected chi connectivity index (χ0v) is 46.2. The number of nitrogens with one attached hydrogen (secondary N) is 1. The molecule has 404 valence electrons. The van der Waals surface area contributed by atoms with Gasteiger partial charge in [0.2, 0.25) is 35.4 Å². The third-order valence-electron chi connectivity index (χ3n) is 11.5. The summed E-state index contributed by atoms with van der Waals surface area (Å²) in [5.41, 5.74) is 7.84. The lowest BCUT2D eigenvalue weighted by molar-refractivity contribution is -0.148. The Balaban J connectivity index is 1.68. The van der Waals surface area contributed by atoms with E-state index >= 15 is 0 Å². The van der Waals surface area contributed by atoms with Gasteiger partial charge in [-0.2, -0.15) is 0 Å². The molecule has 6 amide bonds. The second-order valence-corrected chi connectivity index (χ2v) is 20.3. The first-order chi connectivity index (χ1) is 35.5. The first-order valence-corrected chi connectivity index (χ1v) is 26.1. The second kappa shape index (κ2) is 31.2. The van der Waals surface area contributed by atoms with Crippen molar-refractivity contribution in [3.63, 3.8) is 0 Å². The fraction of sp³-hybridized carbons (Fsp3) is 0.360. The van der Waals surface area contributed by atoms with Crippen LogP contribution < -0.4 is 11.1 Å². The highest BCUT2D eigenvalue weighted by Crippen LogP contribution is 2.25. The molecule has 0 saturated carbocycles. The Morgan fingerprint density at radius 2 is 0.680 bits per heavy atom. The van der Waals surface area contributed by atoms with Gasteiger partial charge in [0.1, 0.15) is 0 Å². The Kier molecular flexibility index (Phi) is 26.0. The van der Waals surface area contributed by atoms with Gasteiger partial charge in [0.05, 0.1) is 52.1 Å². The molecule has 75 heavy (non-hydrogen) atoms. The molecule has 5 N–H and O–H groups in total. The van der Waals surface area contributed by atoms with Gasteiger partial charge in [0.15, 0.2) is 0 Å². The molecule has 0 unspecified atom stereocenters. The van der Waals surface area contributed by atoms with E-state index < -0.39 is 106 Å². The lowest BCUT2D eigenvalue weighted by Gasteiger charge is -2.32. The van der Waals surface area contributed by atoms with Gasteiger partial charge in [0.25, 0.3) is 0 Å². The quantitative estimate of drug-likeness (QED) is 0.0377. The fourth-order valence-corrected chi connectivity index (χ4v) is 9.37. The lowest BCUT2D eigenvalue weighted by Crippen LogP contribution is -2.52. The van der Waals surface area contributed by atoms with E-state index in [0.717, 1.165) is 20.3 Å². The summed E-state index contributed by atoms with van der Waals surface area (Å²) < 4.78 is 0. The van der Waals surface area contributed by atoms with Crippen molar-refractivity contribution in [1.82, 2.24) is 29.8 Å². The SMILES string of the molecule is NC(=O)CN(CCC(=O)O)C(=O)CN(CCC(=O)O)C(=O)CN(CCc1ccc(Cl)cc1Cl)C(=O)CN(CCc1ccc(Cl)cc1Cl)C(=O)CN(CCc1ccc(Cl)cc1Cl)C(=O)CNCCc1ccc(Cl)cc1Cl. The number of rotatable bonds is 30. The number of nitrogens with zero attached hydrogens (tertiary/aromatic N) is 5. The lowest BCUT2D eigenvalue weighted by atomic mass is 10.1. The molecule has 0 aliphatic carbocycles. The molecule has 25 heteroatoms. The van der Waals surface area contributed by atoms with E-state index in [1.54, 1.807) is 60.7 Å². The smallest absolute Gasteiger partial charge is 0.305 e. The minimum atomic E-state index is -1.33. The third kappa shape index (κ3) is 21.8. The molecule has 0 radical (unpaired) electrons. The van der Waals surface area contributed by atoms with Crippen molar-refractivity contribution in [2.75, 3.05) is 78.5 Å². The molecule has 0 heterocycles. The normalized spacial score (nSPS) is 10.9. The maximum atomic E-state index is 14.8. The molecule has 0 aliphatic rings. The number of aliphatic carboxylic acids is 2. The molecule has 0 saturated heterocycles. The minimum absolute atomic E-state index is 0.00195. The average molecular weight is 1200 g/mol. The van der Waals surface area contributed by atoms with Crippen molar-refractivity contribution in [3.8, 4) is 0 Å².